The average Bonchev–Trinajstić information content (AvgIpc) is 3.23. The highest BCUT2D eigenvalue weighted by molar-refractivity contribution is 5.96. The molecule has 1 aliphatic heterocycles. The van der Waals surface area contributed by atoms with Gasteiger partial charge in [0.25, 0.3) is 0 Å². The molecule has 2 aromatic heterocycles. The number of hydrogen-bond acceptors (Lipinski definition) is 6. The fourth-order valence-electron chi connectivity index (χ4n) is 3.23. The molecule has 3 aromatic rings. The number of nitrogens with zero attached hydrogens (tertiary/aromatic N) is 4. The van der Waals surface area contributed by atoms with Crippen molar-refractivity contribution in [1.82, 2.24) is 15.1 Å². The molecule has 8 heteroatoms. The number of piperidine rings is 1. The lowest BCUT2D eigenvalue weighted by atomic mass is 10.1. The average molecular weight is 391 g/mol. The minimum absolute atomic E-state index is 0.125. The van der Waals surface area contributed by atoms with Gasteiger partial charge in [-0.2, -0.15) is 4.98 Å². The Morgan fingerprint density at radius 3 is 2.93 bits per heavy atom. The van der Waals surface area contributed by atoms with Crippen molar-refractivity contribution in [2.75, 3.05) is 16.8 Å². The predicted octanol–water partition coefficient (Wildman–Crippen LogP) is 3.22. The highest BCUT2D eigenvalue weighted by atomic mass is 16.5. The summed E-state index contributed by atoms with van der Waals surface area (Å²) in [7, 11) is 0. The summed E-state index contributed by atoms with van der Waals surface area (Å²) in [6.45, 7) is 0.714. The number of hydrogen-bond donors (Lipinski definition) is 1. The van der Waals surface area contributed by atoms with Gasteiger partial charge in [0.05, 0.1) is 0 Å². The molecule has 2 amide bonds. The summed E-state index contributed by atoms with van der Waals surface area (Å²) >= 11 is 0. The van der Waals surface area contributed by atoms with E-state index in [1.54, 1.807) is 17.2 Å². The normalized spacial score (nSPS) is 14.1. The number of pyridine rings is 1. The van der Waals surface area contributed by atoms with Crippen LogP contribution in [0.1, 0.15) is 31.6 Å². The second-order valence-corrected chi connectivity index (χ2v) is 6.83. The van der Waals surface area contributed by atoms with E-state index in [1.807, 2.05) is 36.4 Å². The number of aryl methyl sites for hydroxylation is 1. The van der Waals surface area contributed by atoms with Crippen molar-refractivity contribution in [1.29, 1.82) is 0 Å². The lowest BCUT2D eigenvalue weighted by Gasteiger charge is -2.27. The summed E-state index contributed by atoms with van der Waals surface area (Å²) in [6.07, 6.45) is 4.69. The molecule has 0 aliphatic carbocycles. The first-order chi connectivity index (χ1) is 14.2. The van der Waals surface area contributed by atoms with Crippen molar-refractivity contribution >= 4 is 23.2 Å². The molecule has 0 atom stereocenters. The van der Waals surface area contributed by atoms with E-state index >= 15 is 0 Å². The molecule has 29 heavy (non-hydrogen) atoms. The van der Waals surface area contributed by atoms with Crippen LogP contribution in [-0.2, 0) is 16.0 Å². The number of aromatic nitrogens is 3. The van der Waals surface area contributed by atoms with E-state index in [1.165, 1.54) is 0 Å². The van der Waals surface area contributed by atoms with Crippen molar-refractivity contribution < 1.29 is 14.1 Å². The second kappa shape index (κ2) is 8.64. The van der Waals surface area contributed by atoms with Gasteiger partial charge in [-0.1, -0.05) is 17.3 Å². The predicted molar refractivity (Wildman–Crippen MR) is 107 cm³/mol. The van der Waals surface area contributed by atoms with Crippen LogP contribution in [0, 0.1) is 0 Å². The lowest BCUT2D eigenvalue weighted by molar-refractivity contribution is -0.119. The van der Waals surface area contributed by atoms with Crippen molar-refractivity contribution in [3.63, 3.8) is 0 Å². The van der Waals surface area contributed by atoms with Crippen LogP contribution < -0.4 is 10.2 Å². The molecule has 0 radical (unpaired) electrons. The van der Waals surface area contributed by atoms with Gasteiger partial charge in [0, 0.05) is 43.4 Å². The minimum Gasteiger partial charge on any atom is -0.339 e. The van der Waals surface area contributed by atoms with Crippen LogP contribution >= 0.6 is 0 Å². The minimum atomic E-state index is -0.162. The van der Waals surface area contributed by atoms with Crippen LogP contribution in [0.5, 0.6) is 0 Å². The molecule has 4 rings (SSSR count). The van der Waals surface area contributed by atoms with Crippen LogP contribution in [0.4, 0.5) is 11.4 Å². The number of benzene rings is 1. The SMILES string of the molecule is O=C(CCc1nc(-c2ccccn2)no1)Nc1cccc(N2CCCCC2=O)c1. The third kappa shape index (κ3) is 4.66. The Labute approximate surface area is 167 Å². The first kappa shape index (κ1) is 18.8. The monoisotopic (exact) mass is 391 g/mol. The maximum atomic E-state index is 12.3. The van der Waals surface area contributed by atoms with E-state index < -0.39 is 0 Å². The van der Waals surface area contributed by atoms with Gasteiger partial charge in [-0.3, -0.25) is 14.6 Å². The molecule has 1 aliphatic rings. The Kier molecular flexibility index (Phi) is 5.60. The fraction of sp³-hybridized carbons (Fsp3) is 0.286. The van der Waals surface area contributed by atoms with E-state index in [9.17, 15) is 9.59 Å². The van der Waals surface area contributed by atoms with Crippen LogP contribution in [0.3, 0.4) is 0 Å². The molecule has 8 nitrogen and oxygen atoms in total. The molecule has 0 unspecified atom stereocenters. The summed E-state index contributed by atoms with van der Waals surface area (Å²) in [5, 5.41) is 6.77. The molecule has 1 aromatic carbocycles. The summed E-state index contributed by atoms with van der Waals surface area (Å²) in [6, 6.07) is 12.8. The third-order valence-corrected chi connectivity index (χ3v) is 4.69. The van der Waals surface area contributed by atoms with Gasteiger partial charge in [-0.15, -0.1) is 0 Å². The molecule has 3 heterocycles. The van der Waals surface area contributed by atoms with E-state index in [-0.39, 0.29) is 18.2 Å². The van der Waals surface area contributed by atoms with Gasteiger partial charge in [0.2, 0.25) is 23.5 Å². The van der Waals surface area contributed by atoms with Crippen molar-refractivity contribution in [3.05, 3.63) is 54.6 Å². The highest BCUT2D eigenvalue weighted by Gasteiger charge is 2.20. The number of rotatable bonds is 6. The Bertz CT molecular complexity index is 1000. The topological polar surface area (TPSA) is 101 Å². The number of carbonyl (C=O) groups excluding carboxylic acids is 2. The number of nitrogens with one attached hydrogen (secondary N) is 1. The van der Waals surface area contributed by atoms with Gasteiger partial charge in [-0.25, -0.2) is 0 Å². The first-order valence-corrected chi connectivity index (χ1v) is 9.63. The van der Waals surface area contributed by atoms with E-state index in [4.69, 9.17) is 4.52 Å². The standard InChI is InChI=1S/C21H21N5O3/c27-18(10-11-19-24-21(25-29-19)17-8-1-3-12-22-17)23-15-6-5-7-16(14-15)26-13-4-2-9-20(26)28/h1,3,5-8,12,14H,2,4,9-11,13H2,(H,23,27). The second-order valence-electron chi connectivity index (χ2n) is 6.83. The molecule has 1 saturated heterocycles. The summed E-state index contributed by atoms with van der Waals surface area (Å²) in [5.74, 6) is 0.748. The molecular formula is C21H21N5O3. The van der Waals surface area contributed by atoms with Gasteiger partial charge < -0.3 is 14.7 Å². The molecule has 0 bridgehead atoms. The zero-order valence-electron chi connectivity index (χ0n) is 15.9. The molecule has 148 valence electrons. The van der Waals surface area contributed by atoms with Gasteiger partial charge >= 0.3 is 0 Å². The van der Waals surface area contributed by atoms with E-state index in [2.05, 4.69) is 20.4 Å². The summed E-state index contributed by atoms with van der Waals surface area (Å²) in [4.78, 5) is 34.7. The molecule has 0 saturated carbocycles. The van der Waals surface area contributed by atoms with Crippen LogP contribution in [0.25, 0.3) is 11.5 Å². The zero-order chi connectivity index (χ0) is 20.1. The molecule has 1 N–H and O–H groups in total. The van der Waals surface area contributed by atoms with Gasteiger partial charge in [-0.05, 0) is 43.2 Å². The highest BCUT2D eigenvalue weighted by Crippen LogP contribution is 2.24. The van der Waals surface area contributed by atoms with Crippen LogP contribution in [-0.4, -0.2) is 33.5 Å². The third-order valence-electron chi connectivity index (χ3n) is 4.69. The van der Waals surface area contributed by atoms with Crippen LogP contribution in [0.15, 0.2) is 53.2 Å². The maximum absolute atomic E-state index is 12.3. The maximum Gasteiger partial charge on any atom is 0.227 e. The Morgan fingerprint density at radius 2 is 2.10 bits per heavy atom. The first-order valence-electron chi connectivity index (χ1n) is 9.63. The van der Waals surface area contributed by atoms with Gasteiger partial charge in [0.15, 0.2) is 0 Å². The Morgan fingerprint density at radius 1 is 1.17 bits per heavy atom. The van der Waals surface area contributed by atoms with E-state index in [0.717, 1.165) is 18.5 Å². The number of carbonyl (C=O) groups is 2. The molecular weight excluding hydrogens is 370 g/mol. The van der Waals surface area contributed by atoms with E-state index in [0.29, 0.717) is 42.5 Å². The quantitative estimate of drug-likeness (QED) is 0.692. The molecule has 0 spiro atoms. The molecule has 1 fully saturated rings. The van der Waals surface area contributed by atoms with Crippen molar-refractivity contribution in [2.45, 2.75) is 32.1 Å². The Balaban J connectivity index is 1.34. The van der Waals surface area contributed by atoms with Gasteiger partial charge in [0.1, 0.15) is 5.69 Å². The van der Waals surface area contributed by atoms with Crippen molar-refractivity contribution in [3.8, 4) is 11.5 Å². The van der Waals surface area contributed by atoms with Crippen LogP contribution in [0.2, 0.25) is 0 Å². The zero-order valence-corrected chi connectivity index (χ0v) is 15.9. The summed E-state index contributed by atoms with van der Waals surface area (Å²) in [5.41, 5.74) is 2.09. The largest absolute Gasteiger partial charge is 0.339 e. The smallest absolute Gasteiger partial charge is 0.227 e. The van der Waals surface area contributed by atoms with Crippen molar-refractivity contribution in [2.24, 2.45) is 0 Å². The lowest BCUT2D eigenvalue weighted by Crippen LogP contribution is -2.35. The number of amides is 2. The fourth-order valence-corrected chi connectivity index (χ4v) is 3.23. The summed E-state index contributed by atoms with van der Waals surface area (Å²) < 4.78 is 5.20. The Hall–Kier alpha value is -3.55. The number of anilines is 2.